The lowest BCUT2D eigenvalue weighted by Gasteiger charge is -1.90. The molecule has 0 spiro atoms. The summed E-state index contributed by atoms with van der Waals surface area (Å²) in [6.45, 7) is 0. The van der Waals surface area contributed by atoms with Crippen molar-refractivity contribution >= 4 is 11.8 Å². The number of aromatic amines is 1. The first-order valence-electron chi connectivity index (χ1n) is 3.13. The second-order valence-corrected chi connectivity index (χ2v) is 2.76. The summed E-state index contributed by atoms with van der Waals surface area (Å²) in [6.07, 6.45) is 3.32. The minimum absolute atomic E-state index is 0.515. The van der Waals surface area contributed by atoms with E-state index in [-0.39, 0.29) is 0 Å². The molecular formula is C5H4N6S. The molecule has 0 fully saturated rings. The molecule has 0 saturated carbocycles. The van der Waals surface area contributed by atoms with Crippen molar-refractivity contribution in [3.63, 3.8) is 0 Å². The quantitative estimate of drug-likeness (QED) is 0.662. The first kappa shape index (κ1) is 7.17. The van der Waals surface area contributed by atoms with Gasteiger partial charge < -0.3 is 0 Å². The molecule has 0 unspecified atom stereocenters. The molecule has 0 amide bonds. The largest absolute Gasteiger partial charge is 0.238 e. The van der Waals surface area contributed by atoms with Gasteiger partial charge in [-0.3, -0.25) is 0 Å². The Morgan fingerprint density at radius 3 is 2.67 bits per heavy atom. The molecule has 0 aliphatic rings. The average molecular weight is 180 g/mol. The molecule has 0 aliphatic heterocycles. The predicted molar refractivity (Wildman–Crippen MR) is 40.3 cm³/mol. The molecule has 2 heterocycles. The normalized spacial score (nSPS) is 10.0. The first-order chi connectivity index (χ1) is 5.95. The highest BCUT2D eigenvalue weighted by atomic mass is 32.2. The van der Waals surface area contributed by atoms with Gasteiger partial charge in [-0.25, -0.2) is 9.97 Å². The van der Waals surface area contributed by atoms with Crippen molar-refractivity contribution < 1.29 is 0 Å². The van der Waals surface area contributed by atoms with Crippen LogP contribution in [0.5, 0.6) is 0 Å². The van der Waals surface area contributed by atoms with Crippen molar-refractivity contribution in [1.29, 1.82) is 0 Å². The third kappa shape index (κ3) is 1.56. The number of nitrogens with zero attached hydrogens (tertiary/aromatic N) is 5. The lowest BCUT2D eigenvalue weighted by atomic mass is 10.7. The Bertz CT molecular complexity index is 332. The number of hydrogen-bond acceptors (Lipinski definition) is 6. The zero-order valence-electron chi connectivity index (χ0n) is 5.88. The molecule has 2 aromatic rings. The highest BCUT2D eigenvalue weighted by Crippen LogP contribution is 2.17. The molecule has 2 aromatic heterocycles. The fourth-order valence-corrected chi connectivity index (χ4v) is 1.17. The Morgan fingerprint density at radius 2 is 2.00 bits per heavy atom. The topological polar surface area (TPSA) is 80.2 Å². The van der Waals surface area contributed by atoms with Gasteiger partial charge in [0.15, 0.2) is 5.16 Å². The van der Waals surface area contributed by atoms with Gasteiger partial charge in [0.1, 0.15) is 0 Å². The smallest absolute Gasteiger partial charge is 0.231 e. The standard InChI is InChI=1S/C5H4N6S/c1-2-6-4(7-3-1)12-5-8-10-11-9-5/h1-3H,(H,8,9,10,11). The van der Waals surface area contributed by atoms with Crippen LogP contribution in [0.4, 0.5) is 0 Å². The summed E-state index contributed by atoms with van der Waals surface area (Å²) >= 11 is 1.26. The van der Waals surface area contributed by atoms with Crippen LogP contribution in [0.3, 0.4) is 0 Å². The number of H-pyrrole nitrogens is 1. The van der Waals surface area contributed by atoms with Gasteiger partial charge in [0.05, 0.1) is 0 Å². The van der Waals surface area contributed by atoms with Crippen LogP contribution in [0.15, 0.2) is 28.8 Å². The summed E-state index contributed by atoms with van der Waals surface area (Å²) in [4.78, 5) is 7.97. The molecule has 0 radical (unpaired) electrons. The number of nitrogens with one attached hydrogen (secondary N) is 1. The summed E-state index contributed by atoms with van der Waals surface area (Å²) in [6, 6.07) is 1.75. The van der Waals surface area contributed by atoms with Gasteiger partial charge in [0.25, 0.3) is 0 Å². The van der Waals surface area contributed by atoms with Gasteiger partial charge in [0, 0.05) is 12.4 Å². The van der Waals surface area contributed by atoms with Crippen molar-refractivity contribution in [3.05, 3.63) is 18.5 Å². The van der Waals surface area contributed by atoms with Crippen molar-refractivity contribution in [2.24, 2.45) is 0 Å². The van der Waals surface area contributed by atoms with Crippen LogP contribution in [-0.2, 0) is 0 Å². The zero-order chi connectivity index (χ0) is 8.23. The minimum atomic E-state index is 0.515. The Labute approximate surface area is 71.8 Å². The lowest BCUT2D eigenvalue weighted by Crippen LogP contribution is -1.84. The second kappa shape index (κ2) is 3.26. The summed E-state index contributed by atoms with van der Waals surface area (Å²) in [5.41, 5.74) is 0. The molecule has 2 rings (SSSR count). The van der Waals surface area contributed by atoms with Gasteiger partial charge in [0.2, 0.25) is 5.16 Å². The van der Waals surface area contributed by atoms with Gasteiger partial charge >= 0.3 is 0 Å². The minimum Gasteiger partial charge on any atom is -0.231 e. The van der Waals surface area contributed by atoms with E-state index in [1.807, 2.05) is 0 Å². The Hall–Kier alpha value is -1.50. The van der Waals surface area contributed by atoms with Crippen molar-refractivity contribution in [1.82, 2.24) is 30.6 Å². The molecule has 6 nitrogen and oxygen atoms in total. The van der Waals surface area contributed by atoms with Crippen LogP contribution in [-0.4, -0.2) is 30.6 Å². The molecule has 0 aromatic carbocycles. The summed E-state index contributed by atoms with van der Waals surface area (Å²) in [5, 5.41) is 14.4. The van der Waals surface area contributed by atoms with Crippen molar-refractivity contribution in [3.8, 4) is 0 Å². The van der Waals surface area contributed by atoms with E-state index < -0.39 is 0 Å². The Morgan fingerprint density at radius 1 is 1.17 bits per heavy atom. The van der Waals surface area contributed by atoms with E-state index in [2.05, 4.69) is 30.6 Å². The van der Waals surface area contributed by atoms with Crippen LogP contribution in [0.2, 0.25) is 0 Å². The van der Waals surface area contributed by atoms with E-state index in [4.69, 9.17) is 0 Å². The lowest BCUT2D eigenvalue weighted by molar-refractivity contribution is 0.881. The monoisotopic (exact) mass is 180 g/mol. The Balaban J connectivity index is 2.15. The molecule has 0 bridgehead atoms. The number of tetrazole rings is 1. The first-order valence-corrected chi connectivity index (χ1v) is 3.95. The number of rotatable bonds is 2. The van der Waals surface area contributed by atoms with E-state index in [0.29, 0.717) is 10.3 Å². The average Bonchev–Trinajstić information content (AvgIpc) is 2.59. The Kier molecular flexibility index (Phi) is 1.95. The highest BCUT2D eigenvalue weighted by molar-refractivity contribution is 7.99. The van der Waals surface area contributed by atoms with Gasteiger partial charge in [-0.15, -0.1) is 10.2 Å². The molecule has 0 saturated heterocycles. The molecule has 0 atom stereocenters. The molecule has 60 valence electrons. The fraction of sp³-hybridized carbons (Fsp3) is 0. The molecule has 1 N–H and O–H groups in total. The van der Waals surface area contributed by atoms with Crippen LogP contribution in [0.1, 0.15) is 0 Å². The maximum absolute atomic E-state index is 3.98. The van der Waals surface area contributed by atoms with Crippen LogP contribution < -0.4 is 0 Å². The van der Waals surface area contributed by atoms with Gasteiger partial charge in [-0.05, 0) is 23.0 Å². The van der Waals surface area contributed by atoms with E-state index >= 15 is 0 Å². The van der Waals surface area contributed by atoms with Gasteiger partial charge in [-0.2, -0.15) is 5.21 Å². The molecule has 12 heavy (non-hydrogen) atoms. The maximum atomic E-state index is 3.98. The van der Waals surface area contributed by atoms with Crippen LogP contribution >= 0.6 is 11.8 Å². The van der Waals surface area contributed by atoms with E-state index in [1.165, 1.54) is 11.8 Å². The van der Waals surface area contributed by atoms with Crippen molar-refractivity contribution in [2.75, 3.05) is 0 Å². The maximum Gasteiger partial charge on any atom is 0.238 e. The van der Waals surface area contributed by atoms with E-state index in [0.717, 1.165) is 0 Å². The molecule has 0 aliphatic carbocycles. The fourth-order valence-electron chi connectivity index (χ4n) is 0.616. The predicted octanol–water partition coefficient (Wildman–Crippen LogP) is 0.141. The third-order valence-corrected chi connectivity index (χ3v) is 1.80. The number of hydrogen-bond donors (Lipinski definition) is 1. The van der Waals surface area contributed by atoms with Crippen LogP contribution in [0.25, 0.3) is 0 Å². The number of aromatic nitrogens is 6. The molecular weight excluding hydrogens is 176 g/mol. The second-order valence-electron chi connectivity index (χ2n) is 1.83. The zero-order valence-corrected chi connectivity index (χ0v) is 6.69. The van der Waals surface area contributed by atoms with Crippen LogP contribution in [0, 0.1) is 0 Å². The SMILES string of the molecule is c1cnc(Sc2nn[nH]n2)nc1. The van der Waals surface area contributed by atoms with Crippen molar-refractivity contribution in [2.45, 2.75) is 10.3 Å². The van der Waals surface area contributed by atoms with E-state index in [9.17, 15) is 0 Å². The summed E-state index contributed by atoms with van der Waals surface area (Å²) in [7, 11) is 0. The highest BCUT2D eigenvalue weighted by Gasteiger charge is 2.02. The summed E-state index contributed by atoms with van der Waals surface area (Å²) < 4.78 is 0. The third-order valence-electron chi connectivity index (χ3n) is 1.05. The van der Waals surface area contributed by atoms with Gasteiger partial charge in [-0.1, -0.05) is 0 Å². The van der Waals surface area contributed by atoms with E-state index in [1.54, 1.807) is 18.5 Å². The summed E-state index contributed by atoms with van der Waals surface area (Å²) in [5.74, 6) is 0. The molecule has 7 heteroatoms.